The second-order valence-electron chi connectivity index (χ2n) is 5.91. The summed E-state index contributed by atoms with van der Waals surface area (Å²) < 4.78 is 32.5. The van der Waals surface area contributed by atoms with Gasteiger partial charge in [0.1, 0.15) is 24.4 Å². The molecule has 1 fully saturated rings. The first-order valence-electron chi connectivity index (χ1n) is 7.71. The molecule has 6 nitrogen and oxygen atoms in total. The molecule has 2 heterocycles. The highest BCUT2D eigenvalue weighted by atomic mass is 19.3. The molecule has 3 rings (SSSR count). The maximum Gasteiger partial charge on any atom is 0.268 e. The van der Waals surface area contributed by atoms with Crippen molar-refractivity contribution in [3.63, 3.8) is 0 Å². The Kier molecular flexibility index (Phi) is 4.51. The number of carbonyl (C=O) groups excluding carboxylic acids is 1. The first-order valence-corrected chi connectivity index (χ1v) is 7.71. The summed E-state index contributed by atoms with van der Waals surface area (Å²) >= 11 is 0. The smallest absolute Gasteiger partial charge is 0.268 e. The van der Waals surface area contributed by atoms with Gasteiger partial charge in [-0.1, -0.05) is 12.1 Å². The lowest BCUT2D eigenvalue weighted by Crippen LogP contribution is -2.48. The number of benzene rings is 1. The number of likely N-dealkylation sites (tertiary alicyclic amines) is 1. The van der Waals surface area contributed by atoms with Gasteiger partial charge in [-0.05, 0) is 18.2 Å². The van der Waals surface area contributed by atoms with Gasteiger partial charge in [0.05, 0.1) is 18.1 Å². The average Bonchev–Trinajstić information content (AvgIpc) is 2.93. The van der Waals surface area contributed by atoms with Crippen LogP contribution in [0.4, 0.5) is 8.78 Å². The molecule has 130 valence electrons. The highest BCUT2D eigenvalue weighted by molar-refractivity contribution is 5.85. The molecule has 25 heavy (non-hydrogen) atoms. The maximum absolute atomic E-state index is 13.5. The number of hydrogen-bond donors (Lipinski definition) is 1. The van der Waals surface area contributed by atoms with E-state index in [1.807, 2.05) is 24.3 Å². The van der Waals surface area contributed by atoms with E-state index in [2.05, 4.69) is 4.98 Å². The number of hydrogen-bond acceptors (Lipinski definition) is 5. The highest BCUT2D eigenvalue weighted by Gasteiger charge is 2.48. The molecule has 0 radical (unpaired) electrons. The van der Waals surface area contributed by atoms with E-state index in [1.54, 1.807) is 18.3 Å². The summed E-state index contributed by atoms with van der Waals surface area (Å²) in [6.07, 6.45) is 0.898. The monoisotopic (exact) mass is 346 g/mol. The molecule has 1 aromatic heterocycles. The minimum absolute atomic E-state index is 0.187. The van der Waals surface area contributed by atoms with Crippen molar-refractivity contribution in [2.24, 2.45) is 5.73 Å². The molecule has 0 aliphatic carbocycles. The zero-order valence-electron chi connectivity index (χ0n) is 13.2. The Hall–Kier alpha value is -2.79. The van der Waals surface area contributed by atoms with Crippen molar-refractivity contribution < 1.29 is 18.3 Å². The van der Waals surface area contributed by atoms with Crippen molar-refractivity contribution in [3.8, 4) is 11.8 Å². The first kappa shape index (κ1) is 17.0. The third kappa shape index (κ3) is 3.51. The van der Waals surface area contributed by atoms with Gasteiger partial charge in [-0.15, -0.1) is 0 Å². The van der Waals surface area contributed by atoms with E-state index in [-0.39, 0.29) is 6.61 Å². The average molecular weight is 346 g/mol. The molecule has 0 saturated carbocycles. The zero-order valence-corrected chi connectivity index (χ0v) is 13.2. The lowest BCUT2D eigenvalue weighted by Gasteiger charge is -2.23. The minimum Gasteiger partial charge on any atom is -0.491 e. The second-order valence-corrected chi connectivity index (χ2v) is 5.91. The quantitative estimate of drug-likeness (QED) is 0.910. The van der Waals surface area contributed by atoms with Crippen molar-refractivity contribution in [1.82, 2.24) is 9.88 Å². The Labute approximate surface area is 142 Å². The molecule has 2 aromatic rings. The second kappa shape index (κ2) is 6.61. The van der Waals surface area contributed by atoms with Gasteiger partial charge in [0.2, 0.25) is 5.91 Å². The number of para-hydroxylation sites is 1. The van der Waals surface area contributed by atoms with Gasteiger partial charge in [0.25, 0.3) is 5.92 Å². The summed E-state index contributed by atoms with van der Waals surface area (Å²) in [5.74, 6) is -3.29. The molecule has 8 heteroatoms. The molecule has 1 amide bonds. The number of nitrogens with two attached hydrogens (primary N) is 1. The zero-order chi connectivity index (χ0) is 18.0. The van der Waals surface area contributed by atoms with E-state index in [0.29, 0.717) is 5.75 Å². The van der Waals surface area contributed by atoms with E-state index in [4.69, 9.17) is 15.7 Å². The summed E-state index contributed by atoms with van der Waals surface area (Å²) in [5.41, 5.74) is 6.53. The van der Waals surface area contributed by atoms with Crippen LogP contribution in [0, 0.1) is 11.3 Å². The van der Waals surface area contributed by atoms with Gasteiger partial charge in [0, 0.05) is 18.0 Å². The highest BCUT2D eigenvalue weighted by Crippen LogP contribution is 2.32. The van der Waals surface area contributed by atoms with Crippen LogP contribution < -0.4 is 10.5 Å². The fraction of sp³-hybridized carbons (Fsp3) is 0.353. The standard InChI is InChI=1S/C17H16F2N4O2/c18-17(19)7-11(8-20)23(10-17)16(24)13(21)9-25-15-5-6-22-14-4-2-1-3-12(14)15/h1-6,11,13H,7,9-10,21H2/t11-,13?/m0/s1. The van der Waals surface area contributed by atoms with Crippen LogP contribution in [-0.4, -0.2) is 46.9 Å². The Morgan fingerprint density at radius 1 is 1.48 bits per heavy atom. The Morgan fingerprint density at radius 2 is 2.24 bits per heavy atom. The van der Waals surface area contributed by atoms with Crippen molar-refractivity contribution >= 4 is 16.8 Å². The van der Waals surface area contributed by atoms with Crippen LogP contribution >= 0.6 is 0 Å². The van der Waals surface area contributed by atoms with E-state index >= 15 is 0 Å². The molecular formula is C17H16F2N4O2. The number of aromatic nitrogens is 1. The predicted octanol–water partition coefficient (Wildman–Crippen LogP) is 1.70. The molecule has 1 unspecified atom stereocenters. The molecule has 1 aliphatic rings. The molecule has 0 bridgehead atoms. The topological polar surface area (TPSA) is 92.2 Å². The van der Waals surface area contributed by atoms with Gasteiger partial charge in [0.15, 0.2) is 0 Å². The van der Waals surface area contributed by atoms with Crippen molar-refractivity contribution in [1.29, 1.82) is 5.26 Å². The van der Waals surface area contributed by atoms with Crippen LogP contribution in [0.5, 0.6) is 5.75 Å². The minimum atomic E-state index is -3.07. The summed E-state index contributed by atoms with van der Waals surface area (Å²) in [6.45, 7) is -0.983. The van der Waals surface area contributed by atoms with Crippen LogP contribution in [0.15, 0.2) is 36.5 Å². The maximum atomic E-state index is 13.5. The molecule has 1 saturated heterocycles. The fourth-order valence-corrected chi connectivity index (χ4v) is 2.82. The van der Waals surface area contributed by atoms with Gasteiger partial charge in [-0.3, -0.25) is 9.78 Å². The van der Waals surface area contributed by atoms with E-state index < -0.39 is 36.9 Å². The van der Waals surface area contributed by atoms with E-state index in [1.165, 1.54) is 0 Å². The van der Waals surface area contributed by atoms with Crippen LogP contribution in [0.3, 0.4) is 0 Å². The Morgan fingerprint density at radius 3 is 3.00 bits per heavy atom. The fourth-order valence-electron chi connectivity index (χ4n) is 2.82. The number of nitriles is 1. The molecule has 0 spiro atoms. The normalized spacial score (nSPS) is 20.2. The Bertz CT molecular complexity index is 832. The number of ether oxygens (including phenoxy) is 1. The van der Waals surface area contributed by atoms with Crippen molar-refractivity contribution in [2.75, 3.05) is 13.2 Å². The lowest BCUT2D eigenvalue weighted by molar-refractivity contribution is -0.134. The van der Waals surface area contributed by atoms with Gasteiger partial charge in [-0.25, -0.2) is 8.78 Å². The van der Waals surface area contributed by atoms with E-state index in [9.17, 15) is 13.6 Å². The van der Waals surface area contributed by atoms with Crippen molar-refractivity contribution in [3.05, 3.63) is 36.5 Å². The number of carbonyl (C=O) groups is 1. The van der Waals surface area contributed by atoms with Crippen molar-refractivity contribution in [2.45, 2.75) is 24.4 Å². The molecular weight excluding hydrogens is 330 g/mol. The van der Waals surface area contributed by atoms with E-state index in [0.717, 1.165) is 15.8 Å². The predicted molar refractivity (Wildman–Crippen MR) is 85.9 cm³/mol. The number of alkyl halides is 2. The van der Waals surface area contributed by atoms with Gasteiger partial charge in [-0.2, -0.15) is 5.26 Å². The molecule has 1 aromatic carbocycles. The lowest BCUT2D eigenvalue weighted by atomic mass is 10.2. The number of amides is 1. The first-order chi connectivity index (χ1) is 11.9. The number of halogens is 2. The summed E-state index contributed by atoms with van der Waals surface area (Å²) in [6, 6.07) is 8.35. The largest absolute Gasteiger partial charge is 0.491 e. The third-order valence-electron chi connectivity index (χ3n) is 4.05. The third-order valence-corrected chi connectivity index (χ3v) is 4.05. The SMILES string of the molecule is N#C[C@@H]1CC(F)(F)CN1C(=O)C(N)COc1ccnc2ccccc12. The summed E-state index contributed by atoms with van der Waals surface area (Å²) in [4.78, 5) is 17.3. The summed E-state index contributed by atoms with van der Waals surface area (Å²) in [5, 5.41) is 9.73. The number of rotatable bonds is 4. The van der Waals surface area contributed by atoms with Crippen LogP contribution in [-0.2, 0) is 4.79 Å². The Balaban J connectivity index is 1.69. The molecule has 2 atom stereocenters. The van der Waals surface area contributed by atoms with Crippen LogP contribution in [0.1, 0.15) is 6.42 Å². The molecule has 1 aliphatic heterocycles. The number of fused-ring (bicyclic) bond motifs is 1. The van der Waals surface area contributed by atoms with Crippen LogP contribution in [0.2, 0.25) is 0 Å². The van der Waals surface area contributed by atoms with Gasteiger partial charge < -0.3 is 15.4 Å². The molecule has 2 N–H and O–H groups in total. The number of nitrogens with zero attached hydrogens (tertiary/aromatic N) is 3. The number of pyridine rings is 1. The van der Waals surface area contributed by atoms with Crippen LogP contribution in [0.25, 0.3) is 10.9 Å². The summed E-state index contributed by atoms with van der Waals surface area (Å²) in [7, 11) is 0. The van der Waals surface area contributed by atoms with Gasteiger partial charge >= 0.3 is 0 Å².